The average Bonchev–Trinajstić information content (AvgIpc) is 3.20. The van der Waals surface area contributed by atoms with E-state index in [1.54, 1.807) is 38.5 Å². The largest absolute Gasteiger partial charge is 0.497 e. The maximum Gasteiger partial charge on any atom is 0.249 e. The van der Waals surface area contributed by atoms with Crippen LogP contribution in [-0.2, 0) is 25.9 Å². The number of hydrogen-bond acceptors (Lipinski definition) is 8. The van der Waals surface area contributed by atoms with Gasteiger partial charge in [-0.05, 0) is 43.3 Å². The summed E-state index contributed by atoms with van der Waals surface area (Å²) in [7, 11) is 0.992. The minimum Gasteiger partial charge on any atom is -0.497 e. The first-order valence-corrected chi connectivity index (χ1v) is 13.1. The molecule has 0 spiro atoms. The van der Waals surface area contributed by atoms with Crippen LogP contribution in [0.25, 0.3) is 10.2 Å². The van der Waals surface area contributed by atoms with E-state index in [0.29, 0.717) is 41.8 Å². The van der Waals surface area contributed by atoms with E-state index in [-0.39, 0.29) is 17.1 Å². The van der Waals surface area contributed by atoms with E-state index in [1.165, 1.54) is 30.6 Å². The zero-order valence-electron chi connectivity index (χ0n) is 19.6. The summed E-state index contributed by atoms with van der Waals surface area (Å²) in [6.45, 7) is 3.30. The predicted molar refractivity (Wildman–Crippen MR) is 130 cm³/mol. The molecule has 0 fully saturated rings. The number of benzene rings is 2. The van der Waals surface area contributed by atoms with Crippen molar-refractivity contribution in [1.82, 2.24) is 4.57 Å². The second kappa shape index (κ2) is 11.5. The van der Waals surface area contributed by atoms with Gasteiger partial charge in [-0.1, -0.05) is 11.3 Å². The fourth-order valence-corrected chi connectivity index (χ4v) is 5.74. The van der Waals surface area contributed by atoms with E-state index >= 15 is 0 Å². The number of thiazole rings is 1. The van der Waals surface area contributed by atoms with Gasteiger partial charge in [0, 0.05) is 19.6 Å². The summed E-state index contributed by atoms with van der Waals surface area (Å²) in [6.07, 6.45) is -0.248. The van der Waals surface area contributed by atoms with Gasteiger partial charge in [-0.2, -0.15) is 4.99 Å². The molecule has 3 rings (SSSR count). The molecule has 0 atom stereocenters. The molecule has 9 nitrogen and oxygen atoms in total. The molecular weight excluding hydrogens is 480 g/mol. The summed E-state index contributed by atoms with van der Waals surface area (Å²) in [5.41, 5.74) is 0.740. The van der Waals surface area contributed by atoms with Crippen molar-refractivity contribution >= 4 is 37.3 Å². The lowest BCUT2D eigenvalue weighted by Gasteiger charge is -2.10. The normalized spacial score (nSPS) is 12.2. The Bertz CT molecular complexity index is 1310. The van der Waals surface area contributed by atoms with Gasteiger partial charge < -0.3 is 23.5 Å². The van der Waals surface area contributed by atoms with Gasteiger partial charge in [0.25, 0.3) is 0 Å². The fraction of sp³-hybridized carbons (Fsp3) is 0.391. The Balaban J connectivity index is 1.93. The van der Waals surface area contributed by atoms with Gasteiger partial charge in [0.05, 0.1) is 38.6 Å². The van der Waals surface area contributed by atoms with Crippen molar-refractivity contribution in [2.24, 2.45) is 4.99 Å². The van der Waals surface area contributed by atoms with Gasteiger partial charge >= 0.3 is 0 Å². The first kappa shape index (κ1) is 25.7. The van der Waals surface area contributed by atoms with E-state index in [1.807, 2.05) is 11.5 Å². The van der Waals surface area contributed by atoms with Crippen LogP contribution in [0.1, 0.15) is 13.3 Å². The molecule has 0 unspecified atom stereocenters. The summed E-state index contributed by atoms with van der Waals surface area (Å²) < 4.78 is 49.5. The molecule has 1 aromatic heterocycles. The molecule has 0 aliphatic rings. The second-order valence-electron chi connectivity index (χ2n) is 7.13. The predicted octanol–water partition coefficient (Wildman–Crippen LogP) is 3.06. The minimum atomic E-state index is -3.65. The van der Waals surface area contributed by atoms with Crippen molar-refractivity contribution in [3.63, 3.8) is 0 Å². The van der Waals surface area contributed by atoms with E-state index < -0.39 is 15.7 Å². The summed E-state index contributed by atoms with van der Waals surface area (Å²) in [5.74, 6) is 0.906. The Morgan fingerprint density at radius 2 is 1.68 bits per heavy atom. The molecule has 1 amide bonds. The van der Waals surface area contributed by atoms with Crippen LogP contribution in [0.15, 0.2) is 46.3 Å². The van der Waals surface area contributed by atoms with Crippen LogP contribution >= 0.6 is 11.3 Å². The molecule has 0 radical (unpaired) electrons. The molecule has 1 heterocycles. The van der Waals surface area contributed by atoms with Crippen molar-refractivity contribution in [3.8, 4) is 17.2 Å². The first-order valence-electron chi connectivity index (χ1n) is 10.6. The van der Waals surface area contributed by atoms with Gasteiger partial charge in [-0.25, -0.2) is 8.42 Å². The quantitative estimate of drug-likeness (QED) is 0.367. The molecule has 184 valence electrons. The highest BCUT2D eigenvalue weighted by atomic mass is 32.2. The number of fused-ring (bicyclic) bond motifs is 1. The molecule has 0 saturated carbocycles. The molecule has 0 saturated heterocycles. The maximum absolute atomic E-state index is 12.7. The monoisotopic (exact) mass is 508 g/mol. The lowest BCUT2D eigenvalue weighted by atomic mass is 10.3. The lowest BCUT2D eigenvalue weighted by molar-refractivity contribution is -0.117. The molecule has 0 aliphatic heterocycles. The van der Waals surface area contributed by atoms with Gasteiger partial charge in [0.2, 0.25) is 5.91 Å². The average molecular weight is 509 g/mol. The highest BCUT2D eigenvalue weighted by molar-refractivity contribution is 7.91. The van der Waals surface area contributed by atoms with Crippen LogP contribution in [0.4, 0.5) is 0 Å². The van der Waals surface area contributed by atoms with Gasteiger partial charge in [0.15, 0.2) is 14.6 Å². The van der Waals surface area contributed by atoms with Gasteiger partial charge in [0.1, 0.15) is 27.5 Å². The molecule has 0 bridgehead atoms. The summed E-state index contributed by atoms with van der Waals surface area (Å²) in [5, 5.41) is 0. The van der Waals surface area contributed by atoms with Crippen molar-refractivity contribution in [2.45, 2.75) is 24.8 Å². The van der Waals surface area contributed by atoms with Crippen LogP contribution in [0.5, 0.6) is 17.2 Å². The van der Waals surface area contributed by atoms with Gasteiger partial charge in [-0.15, -0.1) is 0 Å². The van der Waals surface area contributed by atoms with Crippen LogP contribution in [0.2, 0.25) is 0 Å². The van der Waals surface area contributed by atoms with Crippen LogP contribution in [-0.4, -0.2) is 59.2 Å². The van der Waals surface area contributed by atoms with E-state index in [4.69, 9.17) is 18.9 Å². The summed E-state index contributed by atoms with van der Waals surface area (Å²) in [6, 6.07) is 9.64. The minimum absolute atomic E-state index is 0.129. The molecule has 3 aromatic rings. The Morgan fingerprint density at radius 3 is 2.29 bits per heavy atom. The Labute approximate surface area is 202 Å². The third-order valence-electron chi connectivity index (χ3n) is 5.08. The first-order chi connectivity index (χ1) is 16.3. The third kappa shape index (κ3) is 5.78. The molecule has 0 aliphatic carbocycles. The van der Waals surface area contributed by atoms with Crippen molar-refractivity contribution in [1.29, 1.82) is 0 Å². The number of methoxy groups -OCH3 is 3. The third-order valence-corrected chi connectivity index (χ3v) is 7.90. The van der Waals surface area contributed by atoms with E-state index in [2.05, 4.69) is 4.99 Å². The molecule has 11 heteroatoms. The highest BCUT2D eigenvalue weighted by Crippen LogP contribution is 2.35. The Hall–Kier alpha value is -2.89. The Morgan fingerprint density at radius 1 is 1.00 bits per heavy atom. The molecular formula is C23H28N2O7S2. The number of rotatable bonds is 11. The number of carbonyl (C=O) groups is 1. The fourth-order valence-electron chi connectivity index (χ4n) is 3.33. The number of hydrogen-bond donors (Lipinski definition) is 0. The molecule has 34 heavy (non-hydrogen) atoms. The SMILES string of the molecule is CCOCCn1c(=NC(=O)CCS(=O)(=O)c2ccc(OC)cc2)sc2c(OC)ccc(OC)c21. The number of nitrogens with zero attached hydrogens (tertiary/aromatic N) is 2. The number of ether oxygens (including phenoxy) is 4. The van der Waals surface area contributed by atoms with Crippen molar-refractivity contribution in [2.75, 3.05) is 40.3 Å². The van der Waals surface area contributed by atoms with Crippen LogP contribution < -0.4 is 19.0 Å². The highest BCUT2D eigenvalue weighted by Gasteiger charge is 2.19. The van der Waals surface area contributed by atoms with Crippen LogP contribution in [0.3, 0.4) is 0 Å². The second-order valence-corrected chi connectivity index (χ2v) is 10.2. The summed E-state index contributed by atoms with van der Waals surface area (Å²) in [4.78, 5) is 17.5. The van der Waals surface area contributed by atoms with Crippen molar-refractivity contribution < 1.29 is 32.2 Å². The topological polar surface area (TPSA) is 105 Å². The zero-order chi connectivity index (χ0) is 24.7. The lowest BCUT2D eigenvalue weighted by Crippen LogP contribution is -2.20. The smallest absolute Gasteiger partial charge is 0.249 e. The number of aromatic nitrogens is 1. The molecule has 0 N–H and O–H groups in total. The van der Waals surface area contributed by atoms with Crippen LogP contribution in [0, 0.1) is 0 Å². The summed E-state index contributed by atoms with van der Waals surface area (Å²) >= 11 is 1.28. The van der Waals surface area contributed by atoms with Crippen molar-refractivity contribution in [3.05, 3.63) is 41.2 Å². The van der Waals surface area contributed by atoms with Gasteiger partial charge in [-0.3, -0.25) is 4.79 Å². The number of carbonyl (C=O) groups excluding carboxylic acids is 1. The number of sulfone groups is 1. The standard InChI is InChI=1S/C23H28N2O7S2/c1-5-32-14-13-25-21-18(30-3)10-11-19(31-4)22(21)33-23(25)24-20(26)12-15-34(27,28)17-8-6-16(29-2)7-9-17/h6-11H,5,12-15H2,1-4H3. The number of amides is 1. The van der Waals surface area contributed by atoms with E-state index in [0.717, 1.165) is 10.2 Å². The Kier molecular flexibility index (Phi) is 8.70. The van der Waals surface area contributed by atoms with E-state index in [9.17, 15) is 13.2 Å². The maximum atomic E-state index is 12.7. The zero-order valence-corrected chi connectivity index (χ0v) is 21.2. The molecule has 2 aromatic carbocycles.